The highest BCUT2D eigenvalue weighted by Gasteiger charge is 2.07. The number of fused-ring (bicyclic) bond motifs is 1. The summed E-state index contributed by atoms with van der Waals surface area (Å²) in [6, 6.07) is 11.1. The second-order valence-corrected chi connectivity index (χ2v) is 4.68. The van der Waals surface area contributed by atoms with Gasteiger partial charge in [0.15, 0.2) is 5.65 Å². The minimum atomic E-state index is 0.160. The predicted octanol–water partition coefficient (Wildman–Crippen LogP) is 3.40. The monoisotopic (exact) mass is 281 g/mol. The van der Waals surface area contributed by atoms with Crippen LogP contribution >= 0.6 is 0 Å². The molecule has 0 unspecified atom stereocenters. The molecule has 3 aromatic rings. The van der Waals surface area contributed by atoms with Gasteiger partial charge >= 0.3 is 0 Å². The molecule has 0 bridgehead atoms. The number of hydrogen-bond donors (Lipinski definition) is 2. The average Bonchev–Trinajstić information content (AvgIpc) is 2.50. The van der Waals surface area contributed by atoms with Gasteiger partial charge in [0.25, 0.3) is 0 Å². The molecule has 3 rings (SSSR count). The molecule has 0 atom stereocenters. The fourth-order valence-corrected chi connectivity index (χ4v) is 2.09. The number of anilines is 2. The number of ether oxygens (including phenoxy) is 1. The first kappa shape index (κ1) is 13.2. The molecule has 0 amide bonds. The zero-order valence-electron chi connectivity index (χ0n) is 11.8. The third-order valence-electron chi connectivity index (χ3n) is 3.26. The van der Waals surface area contributed by atoms with Gasteiger partial charge in [-0.15, -0.1) is 0 Å². The highest BCUT2D eigenvalue weighted by atomic mass is 16.5. The van der Waals surface area contributed by atoms with Crippen LogP contribution in [0.2, 0.25) is 0 Å². The van der Waals surface area contributed by atoms with Crippen molar-refractivity contribution < 1.29 is 9.84 Å². The molecule has 0 spiro atoms. The van der Waals surface area contributed by atoms with E-state index in [0.29, 0.717) is 11.3 Å². The lowest BCUT2D eigenvalue weighted by atomic mass is 10.2. The smallest absolute Gasteiger partial charge is 0.161 e. The van der Waals surface area contributed by atoms with Gasteiger partial charge in [-0.1, -0.05) is 0 Å². The molecule has 21 heavy (non-hydrogen) atoms. The fraction of sp³-hybridized carbons (Fsp3) is 0.125. The largest absolute Gasteiger partial charge is 0.506 e. The molecular weight excluding hydrogens is 266 g/mol. The molecule has 0 radical (unpaired) electrons. The Morgan fingerprint density at radius 2 is 1.90 bits per heavy atom. The molecule has 2 N–H and O–H groups in total. The van der Waals surface area contributed by atoms with Crippen molar-refractivity contribution in [2.45, 2.75) is 6.92 Å². The summed E-state index contributed by atoms with van der Waals surface area (Å²) in [4.78, 5) is 8.51. The van der Waals surface area contributed by atoms with Crippen LogP contribution in [0.1, 0.15) is 5.69 Å². The molecule has 5 nitrogen and oxygen atoms in total. The lowest BCUT2D eigenvalue weighted by molar-refractivity contribution is 0.415. The second-order valence-electron chi connectivity index (χ2n) is 4.68. The van der Waals surface area contributed by atoms with E-state index in [2.05, 4.69) is 15.3 Å². The second kappa shape index (κ2) is 5.28. The minimum Gasteiger partial charge on any atom is -0.506 e. The van der Waals surface area contributed by atoms with Crippen molar-refractivity contribution in [3.05, 3.63) is 48.3 Å². The maximum absolute atomic E-state index is 9.84. The Bertz CT molecular complexity index is 785. The highest BCUT2D eigenvalue weighted by molar-refractivity contribution is 5.91. The maximum atomic E-state index is 9.84. The zero-order chi connectivity index (χ0) is 14.8. The van der Waals surface area contributed by atoms with Crippen LogP contribution in [0.5, 0.6) is 11.5 Å². The molecule has 106 valence electrons. The Hall–Kier alpha value is -2.82. The van der Waals surface area contributed by atoms with E-state index in [1.807, 2.05) is 30.3 Å². The molecular formula is C16H15N3O2. The molecule has 2 heterocycles. The molecule has 5 heteroatoms. The number of aromatic nitrogens is 2. The van der Waals surface area contributed by atoms with E-state index in [9.17, 15) is 5.11 Å². The number of benzene rings is 1. The summed E-state index contributed by atoms with van der Waals surface area (Å²) in [5.74, 6) is 0.961. The Morgan fingerprint density at radius 3 is 2.62 bits per heavy atom. The number of rotatable bonds is 3. The molecule has 1 aromatic carbocycles. The van der Waals surface area contributed by atoms with E-state index in [1.165, 1.54) is 0 Å². The first-order chi connectivity index (χ1) is 10.2. The summed E-state index contributed by atoms with van der Waals surface area (Å²) >= 11 is 0. The lowest BCUT2D eigenvalue weighted by Crippen LogP contribution is -1.95. The number of aryl methyl sites for hydroxylation is 1. The number of methoxy groups -OCH3 is 1. The summed E-state index contributed by atoms with van der Waals surface area (Å²) in [6.45, 7) is 1.75. The molecule has 0 aliphatic heterocycles. The van der Waals surface area contributed by atoms with Crippen molar-refractivity contribution in [3.8, 4) is 11.5 Å². The summed E-state index contributed by atoms with van der Waals surface area (Å²) in [5.41, 5.74) is 2.93. The van der Waals surface area contributed by atoms with Gasteiger partial charge in [-0.3, -0.25) is 0 Å². The lowest BCUT2D eigenvalue weighted by Gasteiger charge is -2.10. The topological polar surface area (TPSA) is 67.3 Å². The predicted molar refractivity (Wildman–Crippen MR) is 82.2 cm³/mol. The van der Waals surface area contributed by atoms with Crippen LogP contribution in [0.25, 0.3) is 11.0 Å². The molecule has 0 saturated carbocycles. The molecule has 0 aliphatic rings. The third kappa shape index (κ3) is 2.58. The van der Waals surface area contributed by atoms with Crippen molar-refractivity contribution in [1.29, 1.82) is 0 Å². The summed E-state index contributed by atoms with van der Waals surface area (Å²) in [6.07, 6.45) is 1.69. The Kier molecular flexibility index (Phi) is 3.31. The average molecular weight is 281 g/mol. The minimum absolute atomic E-state index is 0.160. The number of nitrogens with zero attached hydrogens (tertiary/aromatic N) is 2. The van der Waals surface area contributed by atoms with E-state index in [-0.39, 0.29) is 5.75 Å². The number of hydrogen-bond acceptors (Lipinski definition) is 5. The van der Waals surface area contributed by atoms with Crippen molar-refractivity contribution in [3.63, 3.8) is 0 Å². The molecule has 0 fully saturated rings. The van der Waals surface area contributed by atoms with Crippen LogP contribution in [0.15, 0.2) is 42.6 Å². The van der Waals surface area contributed by atoms with Crippen LogP contribution in [-0.4, -0.2) is 22.2 Å². The summed E-state index contributed by atoms with van der Waals surface area (Å²) < 4.78 is 5.14. The fourth-order valence-electron chi connectivity index (χ4n) is 2.09. The molecule has 0 aliphatic carbocycles. The Labute approximate surface area is 122 Å². The quantitative estimate of drug-likeness (QED) is 0.770. The van der Waals surface area contributed by atoms with Crippen LogP contribution in [0.4, 0.5) is 11.4 Å². The normalized spacial score (nSPS) is 10.6. The van der Waals surface area contributed by atoms with Gasteiger partial charge in [0.1, 0.15) is 11.5 Å². The SMILES string of the molecule is COc1ccc(Nc2ccnc3nc(C)c(O)cc23)cc1. The molecule has 2 aromatic heterocycles. The van der Waals surface area contributed by atoms with Gasteiger partial charge in [-0.2, -0.15) is 0 Å². The Balaban J connectivity index is 2.01. The molecule has 0 saturated heterocycles. The maximum Gasteiger partial charge on any atom is 0.161 e. The number of aromatic hydroxyl groups is 1. The zero-order valence-corrected chi connectivity index (χ0v) is 11.8. The van der Waals surface area contributed by atoms with E-state index >= 15 is 0 Å². The van der Waals surface area contributed by atoms with E-state index in [4.69, 9.17) is 4.74 Å². The van der Waals surface area contributed by atoms with Gasteiger partial charge in [0, 0.05) is 17.3 Å². The van der Waals surface area contributed by atoms with E-state index < -0.39 is 0 Å². The van der Waals surface area contributed by atoms with Crippen LogP contribution in [-0.2, 0) is 0 Å². The van der Waals surface area contributed by atoms with Gasteiger partial charge in [-0.25, -0.2) is 9.97 Å². The first-order valence-electron chi connectivity index (χ1n) is 6.54. The van der Waals surface area contributed by atoms with Crippen molar-refractivity contribution in [1.82, 2.24) is 9.97 Å². The highest BCUT2D eigenvalue weighted by Crippen LogP contribution is 2.28. The van der Waals surface area contributed by atoms with Gasteiger partial charge in [0.05, 0.1) is 18.5 Å². The van der Waals surface area contributed by atoms with Crippen molar-refractivity contribution >= 4 is 22.4 Å². The first-order valence-corrected chi connectivity index (χ1v) is 6.54. The van der Waals surface area contributed by atoms with Crippen LogP contribution in [0, 0.1) is 6.92 Å². The Morgan fingerprint density at radius 1 is 1.14 bits per heavy atom. The van der Waals surface area contributed by atoms with Crippen LogP contribution < -0.4 is 10.1 Å². The van der Waals surface area contributed by atoms with Gasteiger partial charge < -0.3 is 15.2 Å². The van der Waals surface area contributed by atoms with E-state index in [1.54, 1.807) is 26.3 Å². The standard InChI is InChI=1S/C16H15N3O2/c1-10-15(20)9-13-14(7-8-17-16(13)18-10)19-11-3-5-12(21-2)6-4-11/h3-9,20H,1-2H3,(H,17,18,19). The van der Waals surface area contributed by atoms with E-state index in [0.717, 1.165) is 22.5 Å². The summed E-state index contributed by atoms with van der Waals surface area (Å²) in [7, 11) is 1.63. The van der Waals surface area contributed by atoms with Gasteiger partial charge in [-0.05, 0) is 43.3 Å². The van der Waals surface area contributed by atoms with Crippen LogP contribution in [0.3, 0.4) is 0 Å². The number of nitrogens with one attached hydrogen (secondary N) is 1. The third-order valence-corrected chi connectivity index (χ3v) is 3.26. The summed E-state index contributed by atoms with van der Waals surface area (Å²) in [5, 5.41) is 13.9. The van der Waals surface area contributed by atoms with Gasteiger partial charge in [0.2, 0.25) is 0 Å². The number of pyridine rings is 2. The van der Waals surface area contributed by atoms with Crippen molar-refractivity contribution in [2.24, 2.45) is 0 Å². The van der Waals surface area contributed by atoms with Crippen molar-refractivity contribution in [2.75, 3.05) is 12.4 Å².